The third-order valence-electron chi connectivity index (χ3n) is 2.23. The van der Waals surface area contributed by atoms with Crippen molar-refractivity contribution in [3.05, 3.63) is 23.8 Å². The van der Waals surface area contributed by atoms with Gasteiger partial charge in [-0.15, -0.1) is 0 Å². The van der Waals surface area contributed by atoms with Crippen molar-refractivity contribution in [3.63, 3.8) is 0 Å². The smallest absolute Gasteiger partial charge is 0.240 e. The number of rotatable bonds is 5. The highest BCUT2D eigenvalue weighted by molar-refractivity contribution is 7.89. The molecule has 0 unspecified atom stereocenters. The standard InChI is InChI=1S/C11H17NO3S/c1-4-7-12-16(13,14)10-6-5-9(2)11(8-10)15-3/h5-6,8,12H,4,7H2,1-3H3. The highest BCUT2D eigenvalue weighted by Gasteiger charge is 2.14. The highest BCUT2D eigenvalue weighted by atomic mass is 32.2. The van der Waals surface area contributed by atoms with Crippen molar-refractivity contribution in [2.75, 3.05) is 13.7 Å². The Morgan fingerprint density at radius 2 is 2.06 bits per heavy atom. The molecule has 0 aliphatic heterocycles. The summed E-state index contributed by atoms with van der Waals surface area (Å²) in [6.45, 7) is 4.23. The number of sulfonamides is 1. The van der Waals surface area contributed by atoms with Gasteiger partial charge in [-0.2, -0.15) is 0 Å². The maximum atomic E-state index is 11.8. The minimum absolute atomic E-state index is 0.239. The molecule has 0 radical (unpaired) electrons. The first-order valence-electron chi connectivity index (χ1n) is 5.15. The minimum Gasteiger partial charge on any atom is -0.496 e. The molecule has 0 aliphatic carbocycles. The van der Waals surface area contributed by atoms with Crippen LogP contribution < -0.4 is 9.46 Å². The van der Waals surface area contributed by atoms with Crippen molar-refractivity contribution in [1.29, 1.82) is 0 Å². The second kappa shape index (κ2) is 5.32. The maximum absolute atomic E-state index is 11.8. The van der Waals surface area contributed by atoms with Crippen LogP contribution in [-0.4, -0.2) is 22.1 Å². The molecule has 0 saturated heterocycles. The van der Waals surface area contributed by atoms with Crippen molar-refractivity contribution in [3.8, 4) is 5.75 Å². The van der Waals surface area contributed by atoms with Gasteiger partial charge in [-0.25, -0.2) is 13.1 Å². The van der Waals surface area contributed by atoms with Gasteiger partial charge in [-0.3, -0.25) is 0 Å². The molecule has 0 aliphatic rings. The number of hydrogen-bond donors (Lipinski definition) is 1. The number of methoxy groups -OCH3 is 1. The van der Waals surface area contributed by atoms with Gasteiger partial charge in [0.1, 0.15) is 5.75 Å². The molecule has 0 bridgehead atoms. The quantitative estimate of drug-likeness (QED) is 0.856. The summed E-state index contributed by atoms with van der Waals surface area (Å²) < 4.78 is 31.2. The molecule has 5 heteroatoms. The number of nitrogens with one attached hydrogen (secondary N) is 1. The van der Waals surface area contributed by atoms with Crippen molar-refractivity contribution >= 4 is 10.0 Å². The molecule has 0 spiro atoms. The normalized spacial score (nSPS) is 11.4. The molecule has 1 N–H and O–H groups in total. The molecule has 0 fully saturated rings. The Labute approximate surface area is 96.7 Å². The lowest BCUT2D eigenvalue weighted by molar-refractivity contribution is 0.410. The third-order valence-corrected chi connectivity index (χ3v) is 3.69. The summed E-state index contributed by atoms with van der Waals surface area (Å²) in [5.41, 5.74) is 0.914. The molecular weight excluding hydrogens is 226 g/mol. The lowest BCUT2D eigenvalue weighted by Crippen LogP contribution is -2.24. The van der Waals surface area contributed by atoms with E-state index in [1.54, 1.807) is 12.1 Å². The molecule has 1 aromatic carbocycles. The molecule has 16 heavy (non-hydrogen) atoms. The van der Waals surface area contributed by atoms with E-state index in [0.29, 0.717) is 12.3 Å². The monoisotopic (exact) mass is 243 g/mol. The summed E-state index contributed by atoms with van der Waals surface area (Å²) in [5.74, 6) is 0.583. The highest BCUT2D eigenvalue weighted by Crippen LogP contribution is 2.21. The van der Waals surface area contributed by atoms with E-state index in [2.05, 4.69) is 4.72 Å². The predicted molar refractivity (Wildman–Crippen MR) is 63.2 cm³/mol. The zero-order valence-electron chi connectivity index (χ0n) is 9.78. The largest absolute Gasteiger partial charge is 0.496 e. The molecule has 0 saturated carbocycles. The zero-order chi connectivity index (χ0) is 12.2. The Balaban J connectivity index is 3.04. The van der Waals surface area contributed by atoms with Gasteiger partial charge in [0.05, 0.1) is 12.0 Å². The number of benzene rings is 1. The predicted octanol–water partition coefficient (Wildman–Crippen LogP) is 1.69. The topological polar surface area (TPSA) is 55.4 Å². The van der Waals surface area contributed by atoms with E-state index in [9.17, 15) is 8.42 Å². The summed E-state index contributed by atoms with van der Waals surface area (Å²) in [6, 6.07) is 4.85. The first-order chi connectivity index (χ1) is 7.51. The molecule has 1 aromatic rings. The van der Waals surface area contributed by atoms with Gasteiger partial charge in [0.2, 0.25) is 10.0 Å². The number of aryl methyl sites for hydroxylation is 1. The van der Waals surface area contributed by atoms with Crippen LogP contribution in [0, 0.1) is 6.92 Å². The Hall–Kier alpha value is -1.07. The molecule has 1 rings (SSSR count). The summed E-state index contributed by atoms with van der Waals surface area (Å²) in [5, 5.41) is 0. The van der Waals surface area contributed by atoms with Crippen molar-refractivity contribution in [2.24, 2.45) is 0 Å². The molecule has 0 amide bonds. The second-order valence-electron chi connectivity index (χ2n) is 3.53. The SMILES string of the molecule is CCCNS(=O)(=O)c1ccc(C)c(OC)c1. The molecule has 0 heterocycles. The van der Waals surface area contributed by atoms with E-state index in [4.69, 9.17) is 4.74 Å². The van der Waals surface area contributed by atoms with Gasteiger partial charge in [0.15, 0.2) is 0 Å². The van der Waals surface area contributed by atoms with Crippen LogP contribution in [0.15, 0.2) is 23.1 Å². The van der Waals surface area contributed by atoms with Gasteiger partial charge in [0.25, 0.3) is 0 Å². The van der Waals surface area contributed by atoms with Crippen LogP contribution in [0.1, 0.15) is 18.9 Å². The van der Waals surface area contributed by atoms with E-state index in [-0.39, 0.29) is 4.90 Å². The fourth-order valence-electron chi connectivity index (χ4n) is 1.29. The molecule has 90 valence electrons. The van der Waals surface area contributed by atoms with Gasteiger partial charge in [-0.05, 0) is 25.0 Å². The van der Waals surface area contributed by atoms with Crippen LogP contribution in [0.25, 0.3) is 0 Å². The molecule has 0 aromatic heterocycles. The summed E-state index contributed by atoms with van der Waals surface area (Å²) in [4.78, 5) is 0.239. The van der Waals surface area contributed by atoms with Crippen LogP contribution in [0.2, 0.25) is 0 Å². The summed E-state index contributed by atoms with van der Waals surface area (Å²) in [7, 11) is -1.88. The lowest BCUT2D eigenvalue weighted by atomic mass is 10.2. The van der Waals surface area contributed by atoms with Crippen molar-refractivity contribution in [1.82, 2.24) is 4.72 Å². The maximum Gasteiger partial charge on any atom is 0.240 e. The van der Waals surface area contributed by atoms with Gasteiger partial charge >= 0.3 is 0 Å². The van der Waals surface area contributed by atoms with Gasteiger partial charge < -0.3 is 4.74 Å². The average Bonchev–Trinajstić information content (AvgIpc) is 2.27. The first kappa shape index (κ1) is 13.0. The van der Waals surface area contributed by atoms with Crippen LogP contribution in [-0.2, 0) is 10.0 Å². The summed E-state index contributed by atoms with van der Waals surface area (Å²) >= 11 is 0. The fourth-order valence-corrected chi connectivity index (χ4v) is 2.44. The van der Waals surface area contributed by atoms with E-state index in [0.717, 1.165) is 12.0 Å². The Morgan fingerprint density at radius 3 is 2.62 bits per heavy atom. The van der Waals surface area contributed by atoms with Gasteiger partial charge in [0, 0.05) is 12.6 Å². The van der Waals surface area contributed by atoms with E-state index >= 15 is 0 Å². The second-order valence-corrected chi connectivity index (χ2v) is 5.30. The van der Waals surface area contributed by atoms with Crippen molar-refractivity contribution in [2.45, 2.75) is 25.2 Å². The number of hydrogen-bond acceptors (Lipinski definition) is 3. The van der Waals surface area contributed by atoms with Crippen LogP contribution in [0.4, 0.5) is 0 Å². The van der Waals surface area contributed by atoms with E-state index in [1.165, 1.54) is 13.2 Å². The number of ether oxygens (including phenoxy) is 1. The van der Waals surface area contributed by atoms with Crippen LogP contribution in [0.5, 0.6) is 5.75 Å². The third kappa shape index (κ3) is 2.96. The summed E-state index contributed by atoms with van der Waals surface area (Å²) in [6.07, 6.45) is 0.766. The Kier molecular flexibility index (Phi) is 4.32. The molecular formula is C11H17NO3S. The Morgan fingerprint density at radius 1 is 1.38 bits per heavy atom. The Bertz CT molecular complexity index is 454. The van der Waals surface area contributed by atoms with E-state index in [1.807, 2.05) is 13.8 Å². The van der Waals surface area contributed by atoms with Crippen LogP contribution in [0.3, 0.4) is 0 Å². The first-order valence-corrected chi connectivity index (χ1v) is 6.64. The molecule has 0 atom stereocenters. The lowest BCUT2D eigenvalue weighted by Gasteiger charge is -2.09. The zero-order valence-corrected chi connectivity index (χ0v) is 10.6. The van der Waals surface area contributed by atoms with Crippen molar-refractivity contribution < 1.29 is 13.2 Å². The van der Waals surface area contributed by atoms with Gasteiger partial charge in [-0.1, -0.05) is 13.0 Å². The minimum atomic E-state index is -3.40. The fraction of sp³-hybridized carbons (Fsp3) is 0.455. The van der Waals surface area contributed by atoms with E-state index < -0.39 is 10.0 Å². The average molecular weight is 243 g/mol. The van der Waals surface area contributed by atoms with Crippen LogP contribution >= 0.6 is 0 Å². The molecule has 4 nitrogen and oxygen atoms in total.